The second-order valence-corrected chi connectivity index (χ2v) is 9.99. The van der Waals surface area contributed by atoms with E-state index in [1.54, 1.807) is 35.4 Å². The second-order valence-electron chi connectivity index (χ2n) is 9.24. The van der Waals surface area contributed by atoms with E-state index in [-0.39, 0.29) is 36.0 Å². The Morgan fingerprint density at radius 3 is 2.53 bits per heavy atom. The van der Waals surface area contributed by atoms with Crippen molar-refractivity contribution in [3.8, 4) is 0 Å². The predicted molar refractivity (Wildman–Crippen MR) is 141 cm³/mol. The zero-order chi connectivity index (χ0) is 26.0. The molecule has 0 fully saturated rings. The van der Waals surface area contributed by atoms with Crippen LogP contribution >= 0.6 is 11.5 Å². The van der Waals surface area contributed by atoms with Gasteiger partial charge in [-0.25, -0.2) is 9.37 Å². The monoisotopic (exact) mass is 507 g/mol. The topological polar surface area (TPSA) is 94.1 Å². The summed E-state index contributed by atoms with van der Waals surface area (Å²) in [6.07, 6.45) is 0. The van der Waals surface area contributed by atoms with Crippen LogP contribution in [0.4, 0.5) is 4.39 Å². The van der Waals surface area contributed by atoms with E-state index >= 15 is 0 Å². The van der Waals surface area contributed by atoms with Crippen molar-refractivity contribution in [2.24, 2.45) is 11.7 Å². The molecular formula is C27H30FN5O2S. The molecule has 0 saturated carbocycles. The van der Waals surface area contributed by atoms with Crippen LogP contribution < -0.4 is 11.3 Å². The number of carbonyl (C=O) groups excluding carboxylic acids is 1. The molecule has 0 bridgehead atoms. The molecule has 0 unspecified atom stereocenters. The SMILES string of the molecule is Cc1ccc(C(=O)N(CCN)[C@H](c2nc3snc(C)c3c(=O)n2Cc2ccccc2)C(C)C)cc1F. The van der Waals surface area contributed by atoms with Gasteiger partial charge in [-0.15, -0.1) is 0 Å². The van der Waals surface area contributed by atoms with E-state index in [9.17, 15) is 14.0 Å². The number of aromatic nitrogens is 3. The molecule has 2 aromatic carbocycles. The minimum Gasteiger partial charge on any atom is -0.329 e. The molecule has 0 spiro atoms. The molecule has 2 N–H and O–H groups in total. The van der Waals surface area contributed by atoms with E-state index in [4.69, 9.17) is 10.7 Å². The van der Waals surface area contributed by atoms with Gasteiger partial charge in [0, 0.05) is 18.7 Å². The highest BCUT2D eigenvalue weighted by Gasteiger charge is 2.33. The van der Waals surface area contributed by atoms with Gasteiger partial charge in [0.15, 0.2) is 4.83 Å². The van der Waals surface area contributed by atoms with Crippen LogP contribution in [0.15, 0.2) is 53.3 Å². The fraction of sp³-hybridized carbons (Fsp3) is 0.333. The summed E-state index contributed by atoms with van der Waals surface area (Å²) in [7, 11) is 0. The maximum Gasteiger partial charge on any atom is 0.264 e. The third-order valence-electron chi connectivity index (χ3n) is 6.26. The molecule has 4 rings (SSSR count). The van der Waals surface area contributed by atoms with Crippen molar-refractivity contribution in [1.82, 2.24) is 18.8 Å². The smallest absolute Gasteiger partial charge is 0.264 e. The number of amides is 1. The molecule has 36 heavy (non-hydrogen) atoms. The van der Waals surface area contributed by atoms with Crippen molar-refractivity contribution in [2.45, 2.75) is 40.3 Å². The lowest BCUT2D eigenvalue weighted by Gasteiger charge is -2.35. The summed E-state index contributed by atoms with van der Waals surface area (Å²) in [6.45, 7) is 8.10. The number of halogens is 1. The van der Waals surface area contributed by atoms with Crippen molar-refractivity contribution in [3.63, 3.8) is 0 Å². The molecule has 2 heterocycles. The summed E-state index contributed by atoms with van der Waals surface area (Å²) in [5, 5.41) is 0.486. The highest BCUT2D eigenvalue weighted by Crippen LogP contribution is 2.31. The van der Waals surface area contributed by atoms with Gasteiger partial charge in [-0.2, -0.15) is 4.37 Å². The third-order valence-corrected chi connectivity index (χ3v) is 7.09. The fourth-order valence-corrected chi connectivity index (χ4v) is 5.20. The van der Waals surface area contributed by atoms with Gasteiger partial charge in [-0.1, -0.05) is 50.2 Å². The first-order valence-electron chi connectivity index (χ1n) is 11.9. The number of rotatable bonds is 8. The molecule has 0 aliphatic carbocycles. The van der Waals surface area contributed by atoms with E-state index < -0.39 is 11.9 Å². The maximum atomic E-state index is 14.3. The first-order chi connectivity index (χ1) is 17.2. The van der Waals surface area contributed by atoms with Gasteiger partial charge in [-0.3, -0.25) is 14.2 Å². The van der Waals surface area contributed by atoms with Gasteiger partial charge in [0.1, 0.15) is 11.6 Å². The van der Waals surface area contributed by atoms with Gasteiger partial charge in [-0.05, 0) is 54.6 Å². The summed E-state index contributed by atoms with van der Waals surface area (Å²) >= 11 is 1.17. The van der Waals surface area contributed by atoms with Crippen LogP contribution in [0.5, 0.6) is 0 Å². The molecule has 7 nitrogen and oxygen atoms in total. The van der Waals surface area contributed by atoms with Crippen LogP contribution in [0, 0.1) is 25.6 Å². The van der Waals surface area contributed by atoms with Gasteiger partial charge >= 0.3 is 0 Å². The number of benzene rings is 2. The van der Waals surface area contributed by atoms with Crippen molar-refractivity contribution in [3.05, 3.63) is 92.9 Å². The molecule has 9 heteroatoms. The predicted octanol–water partition coefficient (Wildman–Crippen LogP) is 4.46. The molecule has 2 aromatic heterocycles. The van der Waals surface area contributed by atoms with Crippen LogP contribution in [0.1, 0.15) is 52.9 Å². The summed E-state index contributed by atoms with van der Waals surface area (Å²) < 4.78 is 20.3. The van der Waals surface area contributed by atoms with Crippen molar-refractivity contribution >= 4 is 27.7 Å². The van der Waals surface area contributed by atoms with Crippen molar-refractivity contribution < 1.29 is 9.18 Å². The molecule has 1 amide bonds. The number of aryl methyl sites for hydroxylation is 2. The Morgan fingerprint density at radius 1 is 1.17 bits per heavy atom. The Bertz CT molecular complexity index is 1450. The van der Waals surface area contributed by atoms with E-state index in [1.165, 1.54) is 17.6 Å². The average Bonchev–Trinajstić information content (AvgIpc) is 3.23. The Kier molecular flexibility index (Phi) is 7.61. The molecule has 0 aliphatic heterocycles. The Hall–Kier alpha value is -3.43. The number of fused-ring (bicyclic) bond motifs is 1. The summed E-state index contributed by atoms with van der Waals surface area (Å²) in [5.41, 5.74) is 7.99. The van der Waals surface area contributed by atoms with Crippen LogP contribution in [0.3, 0.4) is 0 Å². The minimum atomic E-state index is -0.575. The van der Waals surface area contributed by atoms with E-state index in [0.29, 0.717) is 33.8 Å². The van der Waals surface area contributed by atoms with Crippen molar-refractivity contribution in [2.75, 3.05) is 13.1 Å². The number of carbonyl (C=O) groups is 1. The third kappa shape index (κ3) is 4.94. The summed E-state index contributed by atoms with van der Waals surface area (Å²) in [5.74, 6) is -0.463. The second kappa shape index (κ2) is 10.7. The van der Waals surface area contributed by atoms with E-state index in [1.807, 2.05) is 44.2 Å². The molecule has 0 saturated heterocycles. The lowest BCUT2D eigenvalue weighted by Crippen LogP contribution is -2.43. The Labute approximate surface area is 213 Å². The first kappa shape index (κ1) is 25.7. The number of nitrogens with zero attached hydrogens (tertiary/aromatic N) is 4. The molecule has 0 radical (unpaired) electrons. The van der Waals surface area contributed by atoms with E-state index in [0.717, 1.165) is 5.56 Å². The Balaban J connectivity index is 1.91. The molecule has 1 atom stereocenters. The zero-order valence-corrected chi connectivity index (χ0v) is 21.7. The number of hydrogen-bond donors (Lipinski definition) is 1. The van der Waals surface area contributed by atoms with Gasteiger partial charge in [0.05, 0.1) is 23.7 Å². The summed E-state index contributed by atoms with van der Waals surface area (Å²) in [4.78, 5) is 34.5. The zero-order valence-electron chi connectivity index (χ0n) is 20.9. The molecule has 0 aliphatic rings. The molecule has 4 aromatic rings. The quantitative estimate of drug-likeness (QED) is 0.380. The van der Waals surface area contributed by atoms with Gasteiger partial charge in [0.2, 0.25) is 0 Å². The lowest BCUT2D eigenvalue weighted by molar-refractivity contribution is 0.0612. The van der Waals surface area contributed by atoms with Crippen LogP contribution in [0.2, 0.25) is 0 Å². The highest BCUT2D eigenvalue weighted by atomic mass is 32.1. The van der Waals surface area contributed by atoms with Crippen LogP contribution in [-0.2, 0) is 6.54 Å². The number of nitrogens with two attached hydrogens (primary N) is 1. The van der Waals surface area contributed by atoms with E-state index in [2.05, 4.69) is 4.37 Å². The maximum absolute atomic E-state index is 14.3. The van der Waals surface area contributed by atoms with Crippen molar-refractivity contribution in [1.29, 1.82) is 0 Å². The van der Waals surface area contributed by atoms with Crippen LogP contribution in [0.25, 0.3) is 10.2 Å². The molecular weight excluding hydrogens is 477 g/mol. The fourth-order valence-electron chi connectivity index (χ4n) is 4.42. The largest absolute Gasteiger partial charge is 0.329 e. The normalized spacial score (nSPS) is 12.3. The molecule has 188 valence electrons. The highest BCUT2D eigenvalue weighted by molar-refractivity contribution is 7.12. The first-order valence-corrected chi connectivity index (χ1v) is 12.7. The van der Waals surface area contributed by atoms with Crippen LogP contribution in [-0.4, -0.2) is 37.8 Å². The van der Waals surface area contributed by atoms with Gasteiger partial charge < -0.3 is 10.6 Å². The van der Waals surface area contributed by atoms with Gasteiger partial charge in [0.25, 0.3) is 11.5 Å². The minimum absolute atomic E-state index is 0.115. The standard InChI is InChI=1S/C27H30FN5O2S/c1-16(2)23(32(13-12-29)26(34)20-11-10-17(3)21(28)14-20)24-30-25-22(18(4)31-36-25)27(35)33(24)15-19-8-6-5-7-9-19/h5-11,14,16,23H,12-13,15,29H2,1-4H3/t23-/m0/s1. The Morgan fingerprint density at radius 2 is 1.89 bits per heavy atom. The average molecular weight is 508 g/mol. The summed E-state index contributed by atoms with van der Waals surface area (Å²) in [6, 6.07) is 13.5. The lowest BCUT2D eigenvalue weighted by atomic mass is 9.99. The number of hydrogen-bond acceptors (Lipinski definition) is 6.